The number of hydrogen-bond acceptors (Lipinski definition) is 4. The van der Waals surface area contributed by atoms with E-state index in [0.29, 0.717) is 17.9 Å². The summed E-state index contributed by atoms with van der Waals surface area (Å²) >= 11 is 1.70. The molecular formula is C17H15FN2O2S. The Hall–Kier alpha value is -2.05. The molecule has 0 radical (unpaired) electrons. The molecule has 0 spiro atoms. The van der Waals surface area contributed by atoms with Crippen LogP contribution in [0.5, 0.6) is 0 Å². The molecule has 1 amide bonds. The summed E-state index contributed by atoms with van der Waals surface area (Å²) < 4.78 is 13.5. The van der Waals surface area contributed by atoms with E-state index in [1.807, 2.05) is 11.4 Å². The van der Waals surface area contributed by atoms with E-state index in [0.717, 1.165) is 19.4 Å². The van der Waals surface area contributed by atoms with Crippen LogP contribution in [0.25, 0.3) is 0 Å². The van der Waals surface area contributed by atoms with Crippen molar-refractivity contribution >= 4 is 28.7 Å². The van der Waals surface area contributed by atoms with Crippen LogP contribution < -0.4 is 4.90 Å². The monoisotopic (exact) mass is 330 g/mol. The standard InChI is InChI=1S/C17H15FN2O2S/c18-11-5-6-12-14(9-11)20(17(22)16(12)21)10-19-7-1-3-13(19)15-4-2-8-23-15/h2,4-6,8-9,13H,1,3,7,10H2/t13-/m1/s1. The first-order valence-electron chi connectivity index (χ1n) is 7.58. The Morgan fingerprint density at radius 2 is 2.13 bits per heavy atom. The summed E-state index contributed by atoms with van der Waals surface area (Å²) in [6, 6.07) is 8.26. The molecule has 2 aliphatic rings. The van der Waals surface area contributed by atoms with Crippen LogP contribution in [0.15, 0.2) is 35.7 Å². The molecular weight excluding hydrogens is 315 g/mol. The summed E-state index contributed by atoms with van der Waals surface area (Å²) in [5, 5.41) is 2.04. The molecule has 1 fully saturated rings. The first-order chi connectivity index (χ1) is 11.1. The number of benzene rings is 1. The minimum absolute atomic E-state index is 0.260. The van der Waals surface area contributed by atoms with E-state index in [4.69, 9.17) is 0 Å². The molecule has 0 unspecified atom stereocenters. The van der Waals surface area contributed by atoms with Gasteiger partial charge in [0.15, 0.2) is 0 Å². The number of carbonyl (C=O) groups is 2. The maximum absolute atomic E-state index is 13.5. The number of nitrogens with zero attached hydrogens (tertiary/aromatic N) is 2. The first kappa shape index (κ1) is 14.5. The van der Waals surface area contributed by atoms with Gasteiger partial charge in [0, 0.05) is 17.5 Å². The predicted octanol–water partition coefficient (Wildman–Crippen LogP) is 3.21. The SMILES string of the molecule is O=C1C(=O)N(CN2CCC[C@@H]2c2cccs2)c2cc(F)ccc21. The van der Waals surface area contributed by atoms with E-state index < -0.39 is 17.5 Å². The van der Waals surface area contributed by atoms with Crippen molar-refractivity contribution in [3.63, 3.8) is 0 Å². The van der Waals surface area contributed by atoms with E-state index >= 15 is 0 Å². The lowest BCUT2D eigenvalue weighted by Crippen LogP contribution is -2.40. The average Bonchev–Trinajstić information content (AvgIpc) is 3.25. The number of ketones is 1. The summed E-state index contributed by atoms with van der Waals surface area (Å²) in [6.07, 6.45) is 2.08. The zero-order valence-electron chi connectivity index (χ0n) is 12.4. The fourth-order valence-corrected chi connectivity index (χ4v) is 4.28. The highest BCUT2D eigenvalue weighted by molar-refractivity contribution is 7.10. The van der Waals surface area contributed by atoms with Crippen LogP contribution in [0.1, 0.15) is 34.1 Å². The summed E-state index contributed by atoms with van der Waals surface area (Å²) in [6.45, 7) is 1.19. The minimum Gasteiger partial charge on any atom is -0.291 e. The molecule has 6 heteroatoms. The fraction of sp³-hybridized carbons (Fsp3) is 0.294. The third-order valence-electron chi connectivity index (χ3n) is 4.49. The first-order valence-corrected chi connectivity index (χ1v) is 8.46. The molecule has 23 heavy (non-hydrogen) atoms. The Labute approximate surface area is 137 Å². The predicted molar refractivity (Wildman–Crippen MR) is 86.1 cm³/mol. The summed E-state index contributed by atoms with van der Waals surface area (Å²) in [7, 11) is 0. The third-order valence-corrected chi connectivity index (χ3v) is 5.47. The smallest absolute Gasteiger partial charge is 0.291 e. The van der Waals surface area contributed by atoms with Gasteiger partial charge in [-0.1, -0.05) is 6.07 Å². The summed E-state index contributed by atoms with van der Waals surface area (Å²) in [5.74, 6) is -1.55. The number of carbonyl (C=O) groups excluding carboxylic acids is 2. The van der Waals surface area contributed by atoms with Crippen molar-refractivity contribution in [3.05, 3.63) is 52.0 Å². The summed E-state index contributed by atoms with van der Waals surface area (Å²) in [4.78, 5) is 29.2. The maximum atomic E-state index is 13.5. The largest absolute Gasteiger partial charge is 0.300 e. The third kappa shape index (κ3) is 2.38. The lowest BCUT2D eigenvalue weighted by molar-refractivity contribution is -0.114. The molecule has 1 atom stereocenters. The molecule has 1 aromatic carbocycles. The van der Waals surface area contributed by atoms with Crippen molar-refractivity contribution in [3.8, 4) is 0 Å². The second kappa shape index (κ2) is 5.54. The van der Waals surface area contributed by atoms with Crippen molar-refractivity contribution in [1.29, 1.82) is 0 Å². The van der Waals surface area contributed by atoms with Crippen molar-refractivity contribution < 1.29 is 14.0 Å². The van der Waals surface area contributed by atoms with Crippen molar-refractivity contribution in [2.24, 2.45) is 0 Å². The second-order valence-corrected chi connectivity index (χ2v) is 6.83. The van der Waals surface area contributed by atoms with Crippen LogP contribution in [0.4, 0.5) is 10.1 Å². The van der Waals surface area contributed by atoms with Gasteiger partial charge in [-0.25, -0.2) is 4.39 Å². The highest BCUT2D eigenvalue weighted by Gasteiger charge is 2.38. The highest BCUT2D eigenvalue weighted by atomic mass is 32.1. The van der Waals surface area contributed by atoms with E-state index in [1.54, 1.807) is 11.3 Å². The molecule has 0 aliphatic carbocycles. The molecule has 2 aromatic rings. The summed E-state index contributed by atoms with van der Waals surface area (Å²) in [5.41, 5.74) is 0.681. The number of anilines is 1. The molecule has 118 valence electrons. The quantitative estimate of drug-likeness (QED) is 0.812. The Bertz CT molecular complexity index is 775. The highest BCUT2D eigenvalue weighted by Crippen LogP contribution is 2.37. The number of thiophene rings is 1. The zero-order chi connectivity index (χ0) is 16.0. The van der Waals surface area contributed by atoms with Gasteiger partial charge in [0.2, 0.25) is 0 Å². The van der Waals surface area contributed by atoms with Gasteiger partial charge < -0.3 is 0 Å². The van der Waals surface area contributed by atoms with Crippen LogP contribution in [-0.2, 0) is 4.79 Å². The van der Waals surface area contributed by atoms with Gasteiger partial charge in [-0.3, -0.25) is 19.4 Å². The zero-order valence-corrected chi connectivity index (χ0v) is 13.2. The van der Waals surface area contributed by atoms with E-state index in [9.17, 15) is 14.0 Å². The van der Waals surface area contributed by atoms with Gasteiger partial charge in [0.1, 0.15) is 5.82 Å². The molecule has 3 heterocycles. The molecule has 0 saturated carbocycles. The fourth-order valence-electron chi connectivity index (χ4n) is 3.39. The number of likely N-dealkylation sites (tertiary alicyclic amines) is 1. The van der Waals surface area contributed by atoms with Gasteiger partial charge in [0.05, 0.1) is 17.9 Å². The number of Topliss-reactive ketones (excluding diaryl/α,β-unsaturated/α-hetero) is 1. The second-order valence-electron chi connectivity index (χ2n) is 5.85. The van der Waals surface area contributed by atoms with E-state index in [2.05, 4.69) is 11.0 Å². The molecule has 1 aromatic heterocycles. The van der Waals surface area contributed by atoms with Crippen LogP contribution >= 0.6 is 11.3 Å². The topological polar surface area (TPSA) is 40.6 Å². The Morgan fingerprint density at radius 3 is 2.91 bits per heavy atom. The van der Waals surface area contributed by atoms with Gasteiger partial charge in [0.25, 0.3) is 5.78 Å². The normalized spacial score (nSPS) is 21.3. The molecule has 1 saturated heterocycles. The lowest BCUT2D eigenvalue weighted by Gasteiger charge is -2.28. The maximum Gasteiger partial charge on any atom is 0.300 e. The van der Waals surface area contributed by atoms with Gasteiger partial charge in [-0.05, 0) is 42.5 Å². The molecule has 4 rings (SSSR count). The lowest BCUT2D eigenvalue weighted by atomic mass is 10.1. The van der Waals surface area contributed by atoms with Gasteiger partial charge in [-0.15, -0.1) is 11.3 Å². The van der Waals surface area contributed by atoms with E-state index in [1.165, 1.54) is 28.0 Å². The Morgan fingerprint density at radius 1 is 1.26 bits per heavy atom. The Kier molecular flexibility index (Phi) is 3.50. The minimum atomic E-state index is -0.567. The van der Waals surface area contributed by atoms with Crippen molar-refractivity contribution in [2.45, 2.75) is 18.9 Å². The van der Waals surface area contributed by atoms with Crippen LogP contribution in [0, 0.1) is 5.82 Å². The number of hydrogen-bond donors (Lipinski definition) is 0. The number of amides is 1. The van der Waals surface area contributed by atoms with Crippen LogP contribution in [-0.4, -0.2) is 29.8 Å². The van der Waals surface area contributed by atoms with Gasteiger partial charge >= 0.3 is 5.91 Å². The molecule has 2 aliphatic heterocycles. The van der Waals surface area contributed by atoms with Crippen LogP contribution in [0.3, 0.4) is 0 Å². The average molecular weight is 330 g/mol. The Balaban J connectivity index is 1.63. The van der Waals surface area contributed by atoms with E-state index in [-0.39, 0.29) is 6.04 Å². The molecule has 0 bridgehead atoms. The number of fused-ring (bicyclic) bond motifs is 1. The van der Waals surface area contributed by atoms with Crippen LogP contribution in [0.2, 0.25) is 0 Å². The van der Waals surface area contributed by atoms with Crippen molar-refractivity contribution in [2.75, 3.05) is 18.1 Å². The van der Waals surface area contributed by atoms with Crippen molar-refractivity contribution in [1.82, 2.24) is 4.90 Å². The molecule has 0 N–H and O–H groups in total. The van der Waals surface area contributed by atoms with Gasteiger partial charge in [-0.2, -0.15) is 0 Å². The number of rotatable bonds is 3. The molecule has 4 nitrogen and oxygen atoms in total. The number of halogens is 1.